The Kier molecular flexibility index (Phi) is 5.29. The van der Waals surface area contributed by atoms with Crippen LogP contribution >= 0.6 is 11.6 Å². The fraction of sp³-hybridized carbons (Fsp3) is 0.143. The van der Waals surface area contributed by atoms with E-state index in [4.69, 9.17) is 26.1 Å². The lowest BCUT2D eigenvalue weighted by Crippen LogP contribution is -3.00. The molecule has 12 heteroatoms. The Balaban J connectivity index is 0.00000324. The molecule has 0 unspecified atom stereocenters. The fourth-order valence-corrected chi connectivity index (χ4v) is 3.55. The molecular formula is C7H6Cl2N2O6S2. The lowest BCUT2D eigenvalue weighted by molar-refractivity contribution is -0.0000123. The van der Waals surface area contributed by atoms with Crippen LogP contribution in [0.3, 0.4) is 0 Å². The Labute approximate surface area is 119 Å². The molecule has 0 fully saturated rings. The van der Waals surface area contributed by atoms with Crippen molar-refractivity contribution in [2.24, 2.45) is 0 Å². The first kappa shape index (κ1) is 18.0. The molecule has 0 aliphatic carbocycles. The third kappa shape index (κ3) is 3.53. The summed E-state index contributed by atoms with van der Waals surface area (Å²) in [6.07, 6.45) is 0. The molecule has 0 saturated carbocycles. The van der Waals surface area contributed by atoms with Gasteiger partial charge in [0.15, 0.2) is 4.98 Å². The first-order valence-corrected chi connectivity index (χ1v) is 7.39. The zero-order valence-corrected chi connectivity index (χ0v) is 12.2. The molecule has 106 valence electrons. The van der Waals surface area contributed by atoms with Crippen molar-refractivity contribution in [3.05, 3.63) is 21.6 Å². The minimum absolute atomic E-state index is 0. The summed E-state index contributed by atoms with van der Waals surface area (Å²) in [6, 6.07) is 0.668. The molecule has 1 aromatic carbocycles. The van der Waals surface area contributed by atoms with Crippen LogP contribution < -0.4 is 12.4 Å². The molecule has 0 aliphatic rings. The molecule has 0 radical (unpaired) electrons. The lowest BCUT2D eigenvalue weighted by atomic mass is 10.2. The van der Waals surface area contributed by atoms with Crippen LogP contribution in [-0.2, 0) is 20.2 Å². The molecule has 2 N–H and O–H groups in total. The number of rotatable bonds is 2. The van der Waals surface area contributed by atoms with Crippen LogP contribution in [0.25, 0.3) is 4.98 Å². The Morgan fingerprint density at radius 2 is 1.68 bits per heavy atom. The van der Waals surface area contributed by atoms with E-state index in [1.165, 1.54) is 0 Å². The molecule has 0 saturated heterocycles. The van der Waals surface area contributed by atoms with Crippen molar-refractivity contribution in [1.29, 1.82) is 5.39 Å². The predicted octanol–water partition coefficient (Wildman–Crippen LogP) is -1.37. The molecule has 19 heavy (non-hydrogen) atoms. The highest BCUT2D eigenvalue weighted by Gasteiger charge is 2.32. The van der Waals surface area contributed by atoms with Crippen LogP contribution in [0.2, 0.25) is 5.02 Å². The smallest absolute Gasteiger partial charge is 0.390 e. The molecule has 0 atom stereocenters. The van der Waals surface area contributed by atoms with Crippen molar-refractivity contribution in [1.82, 2.24) is 0 Å². The third-order valence-corrected chi connectivity index (χ3v) is 4.57. The number of nitrogens with zero attached hydrogens (tertiary/aromatic N) is 2. The molecule has 0 aromatic heterocycles. The van der Waals surface area contributed by atoms with Gasteiger partial charge in [-0.3, -0.25) is 9.11 Å². The summed E-state index contributed by atoms with van der Waals surface area (Å²) < 4.78 is 62.0. The first-order valence-electron chi connectivity index (χ1n) is 4.13. The Hall–Kier alpha value is -0.960. The highest BCUT2D eigenvalue weighted by atomic mass is 35.5. The van der Waals surface area contributed by atoms with Crippen molar-refractivity contribution in [2.45, 2.75) is 16.7 Å². The predicted molar refractivity (Wildman–Crippen MR) is 60.6 cm³/mol. The van der Waals surface area contributed by atoms with E-state index in [0.717, 1.165) is 6.92 Å². The Morgan fingerprint density at radius 1 is 1.21 bits per heavy atom. The summed E-state index contributed by atoms with van der Waals surface area (Å²) in [5.41, 5.74) is -0.739. The summed E-state index contributed by atoms with van der Waals surface area (Å²) in [4.78, 5) is 0.707. The minimum Gasteiger partial charge on any atom is -1.00 e. The van der Waals surface area contributed by atoms with E-state index in [2.05, 4.69) is 4.98 Å². The van der Waals surface area contributed by atoms with Crippen molar-refractivity contribution in [2.75, 3.05) is 0 Å². The Bertz CT molecular complexity index is 766. The van der Waals surface area contributed by atoms with Crippen LogP contribution in [0.5, 0.6) is 0 Å². The van der Waals surface area contributed by atoms with Gasteiger partial charge in [-0.2, -0.15) is 16.8 Å². The molecule has 0 bridgehead atoms. The summed E-state index contributed by atoms with van der Waals surface area (Å²) in [6.45, 7) is 1.14. The SMILES string of the molecule is Cc1c([N+]#N)cc(S(=O)(=O)O)c(Cl)c1S(=O)(=O)O.[Cl-]. The van der Waals surface area contributed by atoms with Crippen LogP contribution in [0.1, 0.15) is 5.56 Å². The van der Waals surface area contributed by atoms with Crippen LogP contribution in [-0.4, -0.2) is 25.9 Å². The van der Waals surface area contributed by atoms with Crippen molar-refractivity contribution < 1.29 is 38.3 Å². The van der Waals surface area contributed by atoms with Gasteiger partial charge in [-0.05, 0) is 6.92 Å². The minimum atomic E-state index is -4.86. The van der Waals surface area contributed by atoms with Gasteiger partial charge in [-0.15, -0.1) is 0 Å². The Morgan fingerprint density at radius 3 is 2.00 bits per heavy atom. The van der Waals surface area contributed by atoms with Crippen LogP contribution in [0.4, 0.5) is 5.69 Å². The number of diazo groups is 1. The number of hydrogen-bond acceptors (Lipinski definition) is 5. The number of halogens is 2. The zero-order valence-electron chi connectivity index (χ0n) is 9.07. The van der Waals surface area contributed by atoms with Gasteiger partial charge in [-0.25, -0.2) is 0 Å². The van der Waals surface area contributed by atoms with E-state index in [1.54, 1.807) is 0 Å². The van der Waals surface area contributed by atoms with E-state index in [-0.39, 0.29) is 18.0 Å². The molecule has 0 spiro atoms. The third-order valence-electron chi connectivity index (χ3n) is 2.05. The highest BCUT2D eigenvalue weighted by molar-refractivity contribution is 7.87. The van der Waals surface area contributed by atoms with Gasteiger partial charge in [-0.1, -0.05) is 11.6 Å². The van der Waals surface area contributed by atoms with E-state index in [1.807, 2.05) is 0 Å². The molecule has 1 rings (SSSR count). The second kappa shape index (κ2) is 5.58. The second-order valence-electron chi connectivity index (χ2n) is 3.21. The summed E-state index contributed by atoms with van der Waals surface area (Å²) in [5.74, 6) is 0. The molecular weight excluding hydrogens is 343 g/mol. The molecule has 8 nitrogen and oxygen atoms in total. The highest BCUT2D eigenvalue weighted by Crippen LogP contribution is 2.37. The van der Waals surface area contributed by atoms with E-state index >= 15 is 0 Å². The average molecular weight is 349 g/mol. The quantitative estimate of drug-likeness (QED) is 0.496. The van der Waals surface area contributed by atoms with Crippen molar-refractivity contribution in [3.63, 3.8) is 0 Å². The summed E-state index contributed by atoms with van der Waals surface area (Å²) in [5, 5.41) is 7.73. The van der Waals surface area contributed by atoms with Gasteiger partial charge >= 0.3 is 5.69 Å². The zero-order chi connectivity index (χ0) is 14.3. The molecule has 0 aliphatic heterocycles. The monoisotopic (exact) mass is 348 g/mol. The topological polar surface area (TPSA) is 137 Å². The maximum absolute atomic E-state index is 11.1. The second-order valence-corrected chi connectivity index (χ2v) is 6.34. The molecule has 1 aromatic rings. The van der Waals surface area contributed by atoms with Gasteiger partial charge in [0.05, 0.1) is 16.7 Å². The maximum atomic E-state index is 11.1. The van der Waals surface area contributed by atoms with Crippen LogP contribution in [0.15, 0.2) is 15.9 Å². The number of benzene rings is 1. The number of hydrogen-bond donors (Lipinski definition) is 2. The fourth-order valence-electron chi connectivity index (χ4n) is 1.29. The first-order chi connectivity index (χ1) is 8.00. The van der Waals surface area contributed by atoms with Crippen molar-refractivity contribution >= 4 is 37.5 Å². The summed E-state index contributed by atoms with van der Waals surface area (Å²) in [7, 11) is -9.70. The van der Waals surface area contributed by atoms with E-state index in [0.29, 0.717) is 6.07 Å². The largest absolute Gasteiger partial charge is 1.00 e. The van der Waals surface area contributed by atoms with Gasteiger partial charge in [0.25, 0.3) is 20.2 Å². The standard InChI is InChI=1S/C7H5ClN2O6S2.ClH/c1-3-4(10-9)2-5(17(11,12)13)6(8)7(3)18(14,15)16;/h2H,1H3,(H-,11,12,13,14,15,16);1H. The normalized spacial score (nSPS) is 11.5. The average Bonchev–Trinajstić information content (AvgIpc) is 2.13. The van der Waals surface area contributed by atoms with E-state index in [9.17, 15) is 16.8 Å². The summed E-state index contributed by atoms with van der Waals surface area (Å²) >= 11 is 5.51. The maximum Gasteiger partial charge on any atom is 0.390 e. The van der Waals surface area contributed by atoms with Gasteiger partial charge in [0.2, 0.25) is 5.39 Å². The lowest BCUT2D eigenvalue weighted by Gasteiger charge is -2.06. The van der Waals surface area contributed by atoms with Gasteiger partial charge in [0, 0.05) is 0 Å². The van der Waals surface area contributed by atoms with E-state index < -0.39 is 40.7 Å². The van der Waals surface area contributed by atoms with Gasteiger partial charge < -0.3 is 12.4 Å². The van der Waals surface area contributed by atoms with Crippen molar-refractivity contribution in [3.8, 4) is 0 Å². The molecule has 0 amide bonds. The molecule has 0 heterocycles. The van der Waals surface area contributed by atoms with Crippen LogP contribution in [0, 0.1) is 12.3 Å². The van der Waals surface area contributed by atoms with Gasteiger partial charge in [0.1, 0.15) is 9.79 Å².